The van der Waals surface area contributed by atoms with Crippen LogP contribution in [0, 0.1) is 0 Å². The molecule has 0 aromatic heterocycles. The van der Waals surface area contributed by atoms with Crippen molar-refractivity contribution in [2.45, 2.75) is 13.0 Å². The van der Waals surface area contributed by atoms with Crippen LogP contribution in [0.25, 0.3) is 10.8 Å². The molecule has 0 atom stereocenters. The van der Waals surface area contributed by atoms with Crippen LogP contribution in [0.1, 0.15) is 21.5 Å². The highest BCUT2D eigenvalue weighted by Gasteiger charge is 2.15. The molecular formula is C26H21NO3. The summed E-state index contributed by atoms with van der Waals surface area (Å²) in [5.41, 5.74) is 2.62. The number of nitrogens with one attached hydrogen (secondary N) is 1. The number of carbonyl (C=O) groups is 2. The monoisotopic (exact) mass is 395 g/mol. The quantitative estimate of drug-likeness (QED) is 0.446. The molecule has 0 aliphatic rings. The van der Waals surface area contributed by atoms with Gasteiger partial charge in [0.05, 0.1) is 17.7 Å². The fourth-order valence-corrected chi connectivity index (χ4v) is 3.39. The number of anilines is 1. The molecule has 0 saturated heterocycles. The van der Waals surface area contributed by atoms with Crippen LogP contribution in [0.15, 0.2) is 97.1 Å². The van der Waals surface area contributed by atoms with Crippen molar-refractivity contribution in [1.82, 2.24) is 0 Å². The third-order valence-corrected chi connectivity index (χ3v) is 4.86. The van der Waals surface area contributed by atoms with Gasteiger partial charge < -0.3 is 10.1 Å². The van der Waals surface area contributed by atoms with Gasteiger partial charge in [-0.3, -0.25) is 4.79 Å². The molecular weight excluding hydrogens is 374 g/mol. The number of ether oxygens (including phenoxy) is 1. The van der Waals surface area contributed by atoms with Gasteiger partial charge in [0.1, 0.15) is 6.61 Å². The first kappa shape index (κ1) is 19.4. The van der Waals surface area contributed by atoms with Gasteiger partial charge in [0.15, 0.2) is 0 Å². The number of amides is 1. The fraction of sp³-hybridized carbons (Fsp3) is 0.0769. The van der Waals surface area contributed by atoms with Crippen molar-refractivity contribution >= 4 is 28.3 Å². The molecule has 0 spiro atoms. The highest BCUT2D eigenvalue weighted by molar-refractivity contribution is 6.02. The van der Waals surface area contributed by atoms with Crippen LogP contribution in [0.3, 0.4) is 0 Å². The second kappa shape index (κ2) is 9.05. The molecule has 0 unspecified atom stereocenters. The number of rotatable bonds is 6. The van der Waals surface area contributed by atoms with Crippen LogP contribution in [0.5, 0.6) is 0 Å². The number of fused-ring (bicyclic) bond motifs is 1. The third-order valence-electron chi connectivity index (χ3n) is 4.86. The van der Waals surface area contributed by atoms with E-state index in [9.17, 15) is 9.59 Å². The molecule has 0 heterocycles. The minimum absolute atomic E-state index is 0.179. The highest BCUT2D eigenvalue weighted by Crippen LogP contribution is 2.21. The maximum atomic E-state index is 12.7. The number of carbonyl (C=O) groups excluding carboxylic acids is 2. The highest BCUT2D eigenvalue weighted by atomic mass is 16.5. The van der Waals surface area contributed by atoms with Crippen LogP contribution < -0.4 is 5.32 Å². The van der Waals surface area contributed by atoms with Crippen LogP contribution >= 0.6 is 0 Å². The lowest BCUT2D eigenvalue weighted by Gasteiger charge is -2.12. The number of esters is 1. The van der Waals surface area contributed by atoms with Gasteiger partial charge in [-0.1, -0.05) is 84.9 Å². The summed E-state index contributed by atoms with van der Waals surface area (Å²) < 4.78 is 5.42. The average Bonchev–Trinajstić information content (AvgIpc) is 2.79. The van der Waals surface area contributed by atoms with E-state index in [2.05, 4.69) is 5.32 Å². The Labute approximate surface area is 175 Å². The van der Waals surface area contributed by atoms with E-state index in [4.69, 9.17) is 4.74 Å². The van der Waals surface area contributed by atoms with E-state index >= 15 is 0 Å². The van der Waals surface area contributed by atoms with Crippen molar-refractivity contribution in [3.63, 3.8) is 0 Å². The van der Waals surface area contributed by atoms with Crippen LogP contribution in [0.2, 0.25) is 0 Å². The number of para-hydroxylation sites is 1. The minimum atomic E-state index is -0.472. The lowest BCUT2D eigenvalue weighted by molar-refractivity contribution is -0.115. The summed E-state index contributed by atoms with van der Waals surface area (Å²) in [6.07, 6.45) is 0.217. The number of hydrogen-bond acceptors (Lipinski definition) is 3. The lowest BCUT2D eigenvalue weighted by Crippen LogP contribution is -2.17. The normalized spacial score (nSPS) is 10.5. The molecule has 0 fully saturated rings. The van der Waals surface area contributed by atoms with Crippen molar-refractivity contribution in [3.05, 3.63) is 114 Å². The Morgan fingerprint density at radius 3 is 2.30 bits per heavy atom. The van der Waals surface area contributed by atoms with Gasteiger partial charge in [0.25, 0.3) is 0 Å². The summed E-state index contributed by atoms with van der Waals surface area (Å²) in [5, 5.41) is 5.00. The van der Waals surface area contributed by atoms with Crippen molar-refractivity contribution in [1.29, 1.82) is 0 Å². The Kier molecular flexibility index (Phi) is 5.85. The van der Waals surface area contributed by atoms with E-state index < -0.39 is 5.97 Å². The zero-order valence-electron chi connectivity index (χ0n) is 16.4. The first-order valence-corrected chi connectivity index (χ1v) is 9.77. The van der Waals surface area contributed by atoms with Crippen molar-refractivity contribution < 1.29 is 14.3 Å². The summed E-state index contributed by atoms with van der Waals surface area (Å²) in [5.74, 6) is -0.658. The molecule has 0 saturated carbocycles. The maximum Gasteiger partial charge on any atom is 0.340 e. The molecule has 4 aromatic carbocycles. The lowest BCUT2D eigenvalue weighted by atomic mass is 10.0. The van der Waals surface area contributed by atoms with Gasteiger partial charge in [-0.15, -0.1) is 0 Å². The first-order chi connectivity index (χ1) is 14.7. The molecule has 1 N–H and O–H groups in total. The fourth-order valence-electron chi connectivity index (χ4n) is 3.39. The van der Waals surface area contributed by atoms with Gasteiger partial charge in [-0.25, -0.2) is 4.79 Å². The summed E-state index contributed by atoms with van der Waals surface area (Å²) >= 11 is 0. The third kappa shape index (κ3) is 4.55. The summed E-state index contributed by atoms with van der Waals surface area (Å²) in [6.45, 7) is 0.179. The van der Waals surface area contributed by atoms with Crippen molar-refractivity contribution in [2.24, 2.45) is 0 Å². The first-order valence-electron chi connectivity index (χ1n) is 9.77. The average molecular weight is 395 g/mol. The standard InChI is InChI=1S/C26H21NO3/c28-25(17-21-13-8-12-20-11-4-5-14-22(20)21)27-24-16-7-6-15-23(24)26(29)30-18-19-9-2-1-3-10-19/h1-16H,17-18H2,(H,27,28). The Morgan fingerprint density at radius 1 is 0.733 bits per heavy atom. The van der Waals surface area contributed by atoms with E-state index in [-0.39, 0.29) is 18.9 Å². The number of hydrogen-bond donors (Lipinski definition) is 1. The molecule has 4 aromatic rings. The van der Waals surface area contributed by atoms with Gasteiger partial charge in [0, 0.05) is 0 Å². The molecule has 4 nitrogen and oxygen atoms in total. The van der Waals surface area contributed by atoms with Gasteiger partial charge in [-0.05, 0) is 34.0 Å². The second-order valence-corrected chi connectivity index (χ2v) is 6.97. The van der Waals surface area contributed by atoms with Crippen LogP contribution in [-0.4, -0.2) is 11.9 Å². The summed E-state index contributed by atoms with van der Waals surface area (Å²) in [4.78, 5) is 25.3. The Balaban J connectivity index is 1.47. The van der Waals surface area contributed by atoms with E-state index in [0.717, 1.165) is 21.9 Å². The smallest absolute Gasteiger partial charge is 0.340 e. The van der Waals surface area contributed by atoms with Gasteiger partial charge in [-0.2, -0.15) is 0 Å². The zero-order valence-corrected chi connectivity index (χ0v) is 16.4. The van der Waals surface area contributed by atoms with Crippen molar-refractivity contribution in [2.75, 3.05) is 5.32 Å². The molecule has 1 amide bonds. The predicted molar refractivity (Wildman–Crippen MR) is 118 cm³/mol. The van der Waals surface area contributed by atoms with E-state index in [1.54, 1.807) is 24.3 Å². The van der Waals surface area contributed by atoms with E-state index in [0.29, 0.717) is 11.3 Å². The minimum Gasteiger partial charge on any atom is -0.457 e. The summed E-state index contributed by atoms with van der Waals surface area (Å²) in [7, 11) is 0. The van der Waals surface area contributed by atoms with Gasteiger partial charge in [0.2, 0.25) is 5.91 Å². The molecule has 148 valence electrons. The number of benzene rings is 4. The molecule has 0 bridgehead atoms. The zero-order chi connectivity index (χ0) is 20.8. The largest absolute Gasteiger partial charge is 0.457 e. The van der Waals surface area contributed by atoms with Crippen molar-refractivity contribution in [3.8, 4) is 0 Å². The Morgan fingerprint density at radius 2 is 1.43 bits per heavy atom. The van der Waals surface area contributed by atoms with Crippen LogP contribution in [0.4, 0.5) is 5.69 Å². The predicted octanol–water partition coefficient (Wildman–Crippen LogP) is 5.38. The van der Waals surface area contributed by atoms with Crippen LogP contribution in [-0.2, 0) is 22.6 Å². The van der Waals surface area contributed by atoms with Gasteiger partial charge >= 0.3 is 5.97 Å². The maximum absolute atomic E-state index is 12.7. The molecule has 4 heteroatoms. The van der Waals surface area contributed by atoms with E-state index in [1.807, 2.05) is 72.8 Å². The topological polar surface area (TPSA) is 55.4 Å². The second-order valence-electron chi connectivity index (χ2n) is 6.97. The Bertz CT molecular complexity index is 1180. The molecule has 0 aliphatic heterocycles. The molecule has 0 aliphatic carbocycles. The molecule has 30 heavy (non-hydrogen) atoms. The molecule has 0 radical (unpaired) electrons. The van der Waals surface area contributed by atoms with E-state index in [1.165, 1.54) is 0 Å². The SMILES string of the molecule is O=C(Cc1cccc2ccccc12)Nc1ccccc1C(=O)OCc1ccccc1. The summed E-state index contributed by atoms with van der Waals surface area (Å²) in [6, 6.07) is 30.3. The molecule has 4 rings (SSSR count). The Hall–Kier alpha value is -3.92.